The van der Waals surface area contributed by atoms with E-state index in [0.29, 0.717) is 17.3 Å². The van der Waals surface area contributed by atoms with Crippen molar-refractivity contribution < 1.29 is 14.7 Å². The molecule has 1 heterocycles. The lowest BCUT2D eigenvalue weighted by Gasteiger charge is -2.10. The highest BCUT2D eigenvalue weighted by Gasteiger charge is 2.15. The summed E-state index contributed by atoms with van der Waals surface area (Å²) in [7, 11) is 0. The van der Waals surface area contributed by atoms with Crippen molar-refractivity contribution in [3.63, 3.8) is 0 Å². The van der Waals surface area contributed by atoms with Gasteiger partial charge in [-0.15, -0.1) is 0 Å². The van der Waals surface area contributed by atoms with Crippen molar-refractivity contribution in [2.75, 3.05) is 5.32 Å². The SMILES string of the molecule is CCn1cccc1C(=O)Nc1cc(Cl)ccc1C(=O)O. The zero-order valence-electron chi connectivity index (χ0n) is 10.8. The largest absolute Gasteiger partial charge is 0.478 e. The van der Waals surface area contributed by atoms with Gasteiger partial charge in [0.2, 0.25) is 0 Å². The highest BCUT2D eigenvalue weighted by molar-refractivity contribution is 6.31. The molecule has 0 aliphatic rings. The monoisotopic (exact) mass is 292 g/mol. The van der Waals surface area contributed by atoms with Gasteiger partial charge in [0.05, 0.1) is 11.3 Å². The first-order chi connectivity index (χ1) is 9.52. The van der Waals surface area contributed by atoms with Crippen LogP contribution in [-0.2, 0) is 6.54 Å². The number of benzene rings is 1. The Hall–Kier alpha value is -2.27. The van der Waals surface area contributed by atoms with E-state index in [1.165, 1.54) is 18.2 Å². The van der Waals surface area contributed by atoms with Crippen molar-refractivity contribution in [3.05, 3.63) is 52.8 Å². The third-order valence-electron chi connectivity index (χ3n) is 2.86. The van der Waals surface area contributed by atoms with Gasteiger partial charge >= 0.3 is 5.97 Å². The van der Waals surface area contributed by atoms with Gasteiger partial charge in [-0.3, -0.25) is 4.79 Å². The van der Waals surface area contributed by atoms with Crippen molar-refractivity contribution in [2.24, 2.45) is 0 Å². The molecule has 1 aromatic carbocycles. The topological polar surface area (TPSA) is 71.3 Å². The number of aryl methyl sites for hydroxylation is 1. The Morgan fingerprint density at radius 2 is 2.10 bits per heavy atom. The Balaban J connectivity index is 2.32. The van der Waals surface area contributed by atoms with Crippen LogP contribution in [-0.4, -0.2) is 21.6 Å². The van der Waals surface area contributed by atoms with Crippen molar-refractivity contribution in [1.82, 2.24) is 4.57 Å². The lowest BCUT2D eigenvalue weighted by Crippen LogP contribution is -2.18. The number of nitrogens with zero attached hydrogens (tertiary/aromatic N) is 1. The summed E-state index contributed by atoms with van der Waals surface area (Å²) in [5.74, 6) is -1.50. The summed E-state index contributed by atoms with van der Waals surface area (Å²) in [6.07, 6.45) is 1.78. The van der Waals surface area contributed by atoms with E-state index in [1.54, 1.807) is 22.9 Å². The number of carboxylic acid groups (broad SMARTS) is 1. The van der Waals surface area contributed by atoms with Crippen molar-refractivity contribution in [2.45, 2.75) is 13.5 Å². The molecule has 0 radical (unpaired) electrons. The van der Waals surface area contributed by atoms with Crippen LogP contribution < -0.4 is 5.32 Å². The molecule has 6 heteroatoms. The normalized spacial score (nSPS) is 10.3. The van der Waals surface area contributed by atoms with Gasteiger partial charge in [0.15, 0.2) is 0 Å². The zero-order chi connectivity index (χ0) is 14.7. The maximum absolute atomic E-state index is 12.2. The molecule has 0 fully saturated rings. The molecule has 2 rings (SSSR count). The summed E-state index contributed by atoms with van der Waals surface area (Å²) in [6, 6.07) is 7.68. The van der Waals surface area contributed by atoms with Crippen LogP contribution in [0.3, 0.4) is 0 Å². The summed E-state index contributed by atoms with van der Waals surface area (Å²) < 4.78 is 1.76. The van der Waals surface area contributed by atoms with Gasteiger partial charge in [-0.2, -0.15) is 0 Å². The fraction of sp³-hybridized carbons (Fsp3) is 0.143. The van der Waals surface area contributed by atoms with Crippen molar-refractivity contribution in [3.8, 4) is 0 Å². The number of aromatic carboxylic acids is 1. The van der Waals surface area contributed by atoms with Crippen LogP contribution in [0.25, 0.3) is 0 Å². The average Bonchev–Trinajstić information content (AvgIpc) is 2.86. The minimum absolute atomic E-state index is 0.00245. The molecule has 2 aromatic rings. The molecule has 0 saturated carbocycles. The van der Waals surface area contributed by atoms with Crippen LogP contribution in [0.2, 0.25) is 5.02 Å². The number of rotatable bonds is 4. The molecule has 1 aromatic heterocycles. The van der Waals surface area contributed by atoms with Crippen LogP contribution in [0.5, 0.6) is 0 Å². The lowest BCUT2D eigenvalue weighted by atomic mass is 10.1. The van der Waals surface area contributed by atoms with Gasteiger partial charge in [-0.1, -0.05) is 11.6 Å². The number of carboxylic acids is 1. The second-order valence-electron chi connectivity index (χ2n) is 4.13. The summed E-state index contributed by atoms with van der Waals surface area (Å²) in [6.45, 7) is 2.57. The molecule has 0 bridgehead atoms. The van der Waals surface area contributed by atoms with E-state index in [2.05, 4.69) is 5.32 Å². The second-order valence-corrected chi connectivity index (χ2v) is 4.57. The van der Waals surface area contributed by atoms with E-state index in [-0.39, 0.29) is 17.2 Å². The van der Waals surface area contributed by atoms with Gasteiger partial charge in [0.1, 0.15) is 5.69 Å². The van der Waals surface area contributed by atoms with Gasteiger partial charge < -0.3 is 15.0 Å². The van der Waals surface area contributed by atoms with Crippen LogP contribution in [0, 0.1) is 0 Å². The number of nitrogens with one attached hydrogen (secondary N) is 1. The summed E-state index contributed by atoms with van der Waals surface area (Å²) in [4.78, 5) is 23.3. The zero-order valence-corrected chi connectivity index (χ0v) is 11.5. The number of hydrogen-bond donors (Lipinski definition) is 2. The van der Waals surface area contributed by atoms with E-state index in [1.807, 2.05) is 6.92 Å². The average molecular weight is 293 g/mol. The smallest absolute Gasteiger partial charge is 0.337 e. The Morgan fingerprint density at radius 3 is 2.75 bits per heavy atom. The summed E-state index contributed by atoms with van der Waals surface area (Å²) in [5, 5.41) is 12.0. The Morgan fingerprint density at radius 1 is 1.35 bits per heavy atom. The third-order valence-corrected chi connectivity index (χ3v) is 3.10. The number of anilines is 1. The molecule has 5 nitrogen and oxygen atoms in total. The first kappa shape index (κ1) is 14.1. The molecule has 0 aliphatic carbocycles. The van der Waals surface area contributed by atoms with E-state index < -0.39 is 5.97 Å². The maximum atomic E-state index is 12.2. The number of carbonyl (C=O) groups is 2. The van der Waals surface area contributed by atoms with Gasteiger partial charge in [0.25, 0.3) is 5.91 Å². The summed E-state index contributed by atoms with van der Waals surface area (Å²) >= 11 is 5.84. The predicted molar refractivity (Wildman–Crippen MR) is 76.5 cm³/mol. The molecule has 20 heavy (non-hydrogen) atoms. The fourth-order valence-corrected chi connectivity index (χ4v) is 2.06. The van der Waals surface area contributed by atoms with Crippen LogP contribution in [0.1, 0.15) is 27.8 Å². The third kappa shape index (κ3) is 2.83. The predicted octanol–water partition coefficient (Wildman–Crippen LogP) is 3.11. The molecule has 0 aliphatic heterocycles. The Labute approximate surface area is 120 Å². The van der Waals surface area contributed by atoms with Gasteiger partial charge in [-0.25, -0.2) is 4.79 Å². The van der Waals surface area contributed by atoms with E-state index in [4.69, 9.17) is 16.7 Å². The number of halogens is 1. The van der Waals surface area contributed by atoms with Gasteiger partial charge in [0, 0.05) is 17.8 Å². The lowest BCUT2D eigenvalue weighted by molar-refractivity contribution is 0.0698. The van der Waals surface area contributed by atoms with Crippen LogP contribution in [0.4, 0.5) is 5.69 Å². The van der Waals surface area contributed by atoms with Crippen LogP contribution >= 0.6 is 11.6 Å². The highest BCUT2D eigenvalue weighted by atomic mass is 35.5. The van der Waals surface area contributed by atoms with E-state index in [9.17, 15) is 9.59 Å². The molecule has 1 amide bonds. The van der Waals surface area contributed by atoms with Crippen molar-refractivity contribution in [1.29, 1.82) is 0 Å². The highest BCUT2D eigenvalue weighted by Crippen LogP contribution is 2.22. The number of aromatic nitrogens is 1. The molecule has 0 atom stereocenters. The summed E-state index contributed by atoms with van der Waals surface area (Å²) in [5.41, 5.74) is 0.639. The minimum Gasteiger partial charge on any atom is -0.478 e. The molecular formula is C14H13ClN2O3. The molecule has 0 spiro atoms. The fourth-order valence-electron chi connectivity index (χ4n) is 1.89. The molecular weight excluding hydrogens is 280 g/mol. The standard InChI is InChI=1S/C14H13ClN2O3/c1-2-17-7-3-4-12(17)13(18)16-11-8-9(15)5-6-10(11)14(19)20/h3-8H,2H2,1H3,(H,16,18)(H,19,20). The number of hydrogen-bond acceptors (Lipinski definition) is 2. The first-order valence-corrected chi connectivity index (χ1v) is 6.40. The Kier molecular flexibility index (Phi) is 4.10. The first-order valence-electron chi connectivity index (χ1n) is 6.02. The number of carbonyl (C=O) groups excluding carboxylic acids is 1. The van der Waals surface area contributed by atoms with Crippen LogP contribution in [0.15, 0.2) is 36.5 Å². The minimum atomic E-state index is -1.12. The quantitative estimate of drug-likeness (QED) is 0.909. The number of amides is 1. The van der Waals surface area contributed by atoms with E-state index >= 15 is 0 Å². The molecule has 0 unspecified atom stereocenters. The van der Waals surface area contributed by atoms with E-state index in [0.717, 1.165) is 0 Å². The van der Waals surface area contributed by atoms with Crippen molar-refractivity contribution >= 4 is 29.2 Å². The second kappa shape index (κ2) is 5.79. The Bertz CT molecular complexity index is 664. The molecule has 104 valence electrons. The molecule has 0 saturated heterocycles. The maximum Gasteiger partial charge on any atom is 0.337 e. The van der Waals surface area contributed by atoms with Gasteiger partial charge in [-0.05, 0) is 37.3 Å². The molecule has 2 N–H and O–H groups in total.